The number of hydrogen-bond donors (Lipinski definition) is 0. The molecule has 4 aromatic rings. The summed E-state index contributed by atoms with van der Waals surface area (Å²) >= 11 is -0.0343. The van der Waals surface area contributed by atoms with Gasteiger partial charge in [0, 0.05) is 0 Å². The summed E-state index contributed by atoms with van der Waals surface area (Å²) in [6.45, 7) is 1.34. The average Bonchev–Trinajstić information content (AvgIpc) is 3.23. The van der Waals surface area contributed by atoms with Crippen LogP contribution >= 0.6 is 0 Å². The Morgan fingerprint density at radius 3 is 2.68 bits per heavy atom. The summed E-state index contributed by atoms with van der Waals surface area (Å²) in [5.41, 5.74) is 2.71. The van der Waals surface area contributed by atoms with E-state index in [1.165, 1.54) is 19.1 Å². The zero-order chi connectivity index (χ0) is 17.4. The Balaban J connectivity index is 1.87. The summed E-state index contributed by atoms with van der Waals surface area (Å²) in [7, 11) is 0. The van der Waals surface area contributed by atoms with Gasteiger partial charge >= 0.3 is 148 Å². The molecule has 0 aliphatic heterocycles. The average molecular weight is 401 g/mol. The zero-order valence-corrected chi connectivity index (χ0v) is 14.7. The van der Waals surface area contributed by atoms with E-state index in [2.05, 4.69) is 9.19 Å². The molecular formula is C18H11FN2O3Se. The van der Waals surface area contributed by atoms with Gasteiger partial charge in [-0.25, -0.2) is 0 Å². The SMILES string of the molecule is CC(=O)Oc1cc2oc(-c3ccc(F)cc3)cc2cc1-c1c[se]nn1. The molecule has 0 N–H and O–H groups in total. The van der Waals surface area contributed by atoms with Gasteiger partial charge in [0.2, 0.25) is 0 Å². The van der Waals surface area contributed by atoms with Gasteiger partial charge in [0.1, 0.15) is 0 Å². The summed E-state index contributed by atoms with van der Waals surface area (Å²) in [4.78, 5) is 13.3. The van der Waals surface area contributed by atoms with Crippen LogP contribution in [-0.4, -0.2) is 29.9 Å². The Morgan fingerprint density at radius 2 is 2.00 bits per heavy atom. The molecule has 0 saturated heterocycles. The predicted octanol–water partition coefficient (Wildman–Crippen LogP) is 3.68. The molecule has 0 unspecified atom stereocenters. The van der Waals surface area contributed by atoms with Crippen LogP contribution in [0.25, 0.3) is 33.6 Å². The monoisotopic (exact) mass is 402 g/mol. The van der Waals surface area contributed by atoms with Crippen molar-refractivity contribution in [3.8, 4) is 28.3 Å². The first kappa shape index (κ1) is 15.7. The van der Waals surface area contributed by atoms with Crippen molar-refractivity contribution in [1.29, 1.82) is 0 Å². The molecule has 25 heavy (non-hydrogen) atoms. The Labute approximate surface area is 148 Å². The quantitative estimate of drug-likeness (QED) is 0.298. The normalized spacial score (nSPS) is 11.0. The zero-order valence-electron chi connectivity index (χ0n) is 13.0. The van der Waals surface area contributed by atoms with Gasteiger partial charge in [-0.3, -0.25) is 0 Å². The topological polar surface area (TPSA) is 65.2 Å². The Kier molecular flexibility index (Phi) is 3.95. The number of nitrogens with zero attached hydrogens (tertiary/aromatic N) is 2. The van der Waals surface area contributed by atoms with Gasteiger partial charge in [0.15, 0.2) is 0 Å². The molecule has 0 atom stereocenters. The molecule has 5 nitrogen and oxygen atoms in total. The van der Waals surface area contributed by atoms with Gasteiger partial charge in [0.25, 0.3) is 0 Å². The van der Waals surface area contributed by atoms with Gasteiger partial charge in [-0.2, -0.15) is 0 Å². The number of aromatic nitrogens is 2. The fourth-order valence-electron chi connectivity index (χ4n) is 2.55. The van der Waals surface area contributed by atoms with Crippen molar-refractivity contribution < 1.29 is 18.3 Å². The minimum absolute atomic E-state index is 0.0343. The van der Waals surface area contributed by atoms with Gasteiger partial charge in [-0.05, 0) is 0 Å². The van der Waals surface area contributed by atoms with Crippen LogP contribution in [0.4, 0.5) is 4.39 Å². The summed E-state index contributed by atoms with van der Waals surface area (Å²) in [6, 6.07) is 11.4. The standard InChI is InChI=1S/C18H11FN2O3Se/c1-10(22)23-18-8-17-12(6-14(18)15-9-25-21-20-15)7-16(24-17)11-2-4-13(19)5-3-11/h2-9H,1H3. The van der Waals surface area contributed by atoms with Gasteiger partial charge < -0.3 is 0 Å². The van der Waals surface area contributed by atoms with Crippen LogP contribution in [0.1, 0.15) is 6.92 Å². The fraction of sp³-hybridized carbons (Fsp3) is 0.0556. The molecule has 0 amide bonds. The van der Waals surface area contributed by atoms with E-state index in [1.807, 2.05) is 17.1 Å². The van der Waals surface area contributed by atoms with Crippen molar-refractivity contribution in [3.05, 3.63) is 53.2 Å². The fourth-order valence-corrected chi connectivity index (χ4v) is 3.50. The number of rotatable bonds is 3. The number of ether oxygens (including phenoxy) is 1. The summed E-state index contributed by atoms with van der Waals surface area (Å²) < 4.78 is 28.3. The van der Waals surface area contributed by atoms with E-state index in [1.54, 1.807) is 18.2 Å². The van der Waals surface area contributed by atoms with Crippen molar-refractivity contribution in [1.82, 2.24) is 9.19 Å². The van der Waals surface area contributed by atoms with Gasteiger partial charge in [0.05, 0.1) is 0 Å². The maximum atomic E-state index is 13.1. The van der Waals surface area contributed by atoms with E-state index in [-0.39, 0.29) is 20.5 Å². The van der Waals surface area contributed by atoms with Gasteiger partial charge in [-0.1, -0.05) is 0 Å². The van der Waals surface area contributed by atoms with Crippen molar-refractivity contribution >= 4 is 31.7 Å². The van der Waals surface area contributed by atoms with E-state index >= 15 is 0 Å². The third-order valence-corrected chi connectivity index (χ3v) is 4.70. The number of carbonyl (C=O) groups excluding carboxylic acids is 1. The first-order valence-electron chi connectivity index (χ1n) is 7.39. The third-order valence-electron chi connectivity index (χ3n) is 3.64. The number of fused-ring (bicyclic) bond motifs is 1. The van der Waals surface area contributed by atoms with E-state index < -0.39 is 5.97 Å². The minimum atomic E-state index is -0.424. The van der Waals surface area contributed by atoms with Crippen LogP contribution in [0.5, 0.6) is 5.75 Å². The number of benzene rings is 2. The van der Waals surface area contributed by atoms with Crippen molar-refractivity contribution in [2.24, 2.45) is 0 Å². The third kappa shape index (κ3) is 3.11. The van der Waals surface area contributed by atoms with E-state index in [9.17, 15) is 9.18 Å². The Hall–Kier alpha value is -2.76. The van der Waals surface area contributed by atoms with E-state index in [4.69, 9.17) is 9.15 Å². The van der Waals surface area contributed by atoms with Crippen molar-refractivity contribution in [2.75, 3.05) is 0 Å². The molecule has 124 valence electrons. The van der Waals surface area contributed by atoms with Gasteiger partial charge in [-0.15, -0.1) is 0 Å². The molecular weight excluding hydrogens is 390 g/mol. The van der Waals surface area contributed by atoms with Crippen LogP contribution in [0.3, 0.4) is 0 Å². The molecule has 0 aliphatic rings. The van der Waals surface area contributed by atoms with E-state index in [0.29, 0.717) is 28.4 Å². The molecule has 0 saturated carbocycles. The molecule has 2 heterocycles. The van der Waals surface area contributed by atoms with Crippen LogP contribution in [0, 0.1) is 5.82 Å². The number of halogens is 1. The predicted molar refractivity (Wildman–Crippen MR) is 90.9 cm³/mol. The molecule has 2 aromatic heterocycles. The molecule has 0 radical (unpaired) electrons. The van der Waals surface area contributed by atoms with Crippen molar-refractivity contribution in [2.45, 2.75) is 6.92 Å². The summed E-state index contributed by atoms with van der Waals surface area (Å²) in [6.07, 6.45) is 0. The van der Waals surface area contributed by atoms with Crippen LogP contribution in [0.2, 0.25) is 0 Å². The maximum absolute atomic E-state index is 13.1. The van der Waals surface area contributed by atoms with Crippen LogP contribution in [0.15, 0.2) is 51.8 Å². The Bertz CT molecular complexity index is 1060. The number of hydrogen-bond acceptors (Lipinski definition) is 5. The van der Waals surface area contributed by atoms with Crippen LogP contribution in [-0.2, 0) is 4.79 Å². The van der Waals surface area contributed by atoms with Crippen molar-refractivity contribution in [3.63, 3.8) is 0 Å². The van der Waals surface area contributed by atoms with Crippen LogP contribution < -0.4 is 4.74 Å². The first-order valence-corrected chi connectivity index (χ1v) is 9.15. The number of esters is 1. The molecule has 0 bridgehead atoms. The first-order chi connectivity index (χ1) is 12.1. The molecule has 0 fully saturated rings. The Morgan fingerprint density at radius 1 is 1.20 bits per heavy atom. The molecule has 7 heteroatoms. The molecule has 0 spiro atoms. The molecule has 4 rings (SSSR count). The summed E-state index contributed by atoms with van der Waals surface area (Å²) in [5, 5.41) is 4.94. The second-order valence-electron chi connectivity index (χ2n) is 5.39. The summed E-state index contributed by atoms with van der Waals surface area (Å²) in [5.74, 6) is 0.252. The second kappa shape index (κ2) is 6.27. The molecule has 2 aromatic carbocycles. The number of carbonyl (C=O) groups is 1. The molecule has 0 aliphatic carbocycles. The number of furan rings is 1. The van der Waals surface area contributed by atoms with E-state index in [0.717, 1.165) is 10.9 Å². The second-order valence-corrected chi connectivity index (χ2v) is 6.67.